The van der Waals surface area contributed by atoms with Gasteiger partial charge in [-0.15, -0.1) is 0 Å². The minimum absolute atomic E-state index is 0.0883. The lowest BCUT2D eigenvalue weighted by atomic mass is 9.95. The fourth-order valence-electron chi connectivity index (χ4n) is 4.46. The van der Waals surface area contributed by atoms with E-state index in [0.29, 0.717) is 42.8 Å². The lowest BCUT2D eigenvalue weighted by Crippen LogP contribution is -2.40. The summed E-state index contributed by atoms with van der Waals surface area (Å²) in [5.41, 5.74) is 2.74. The normalized spacial score (nSPS) is 15.1. The van der Waals surface area contributed by atoms with Crippen molar-refractivity contribution in [2.75, 3.05) is 7.11 Å². The second kappa shape index (κ2) is 11.5. The molecule has 0 unspecified atom stereocenters. The number of esters is 1. The minimum atomic E-state index is -0.645. The van der Waals surface area contributed by atoms with E-state index < -0.39 is 12.0 Å². The Kier molecular flexibility index (Phi) is 7.90. The number of methoxy groups -OCH3 is 1. The van der Waals surface area contributed by atoms with Gasteiger partial charge in [-0.25, -0.2) is 14.2 Å². The van der Waals surface area contributed by atoms with Crippen molar-refractivity contribution in [3.05, 3.63) is 131 Å². The van der Waals surface area contributed by atoms with Gasteiger partial charge in [0.2, 0.25) is 0 Å². The average molecular weight is 608 g/mol. The van der Waals surface area contributed by atoms with Gasteiger partial charge in [-0.3, -0.25) is 9.36 Å². The van der Waals surface area contributed by atoms with Gasteiger partial charge in [0.25, 0.3) is 5.56 Å². The van der Waals surface area contributed by atoms with Crippen LogP contribution in [-0.2, 0) is 16.1 Å². The van der Waals surface area contributed by atoms with Crippen molar-refractivity contribution in [3.8, 4) is 5.75 Å². The first-order chi connectivity index (χ1) is 18.9. The molecule has 0 saturated heterocycles. The maximum Gasteiger partial charge on any atom is 0.338 e. The van der Waals surface area contributed by atoms with E-state index in [2.05, 4.69) is 20.9 Å². The second-order valence-corrected chi connectivity index (χ2v) is 10.6. The summed E-state index contributed by atoms with van der Waals surface area (Å²) in [4.78, 5) is 31.8. The standard InChI is InChI=1S/C30H24BrFN2O4S/c1-3-23-26(29(36)37-2)27(19-9-5-4-6-10-19)34-28(35)25(39-30(34)33-23)16-18-13-14-24(21(31)15-18)38-17-20-11-7-8-12-22(20)32/h4-16,27H,3,17H2,1-2H3/b25-16-/t27-/m0/s1. The molecule has 0 spiro atoms. The van der Waals surface area contributed by atoms with Gasteiger partial charge in [-0.1, -0.05) is 72.9 Å². The van der Waals surface area contributed by atoms with Crippen molar-refractivity contribution in [3.63, 3.8) is 0 Å². The monoisotopic (exact) mass is 606 g/mol. The third-order valence-electron chi connectivity index (χ3n) is 6.36. The van der Waals surface area contributed by atoms with E-state index in [1.807, 2.05) is 49.4 Å². The molecule has 198 valence electrons. The van der Waals surface area contributed by atoms with Crippen LogP contribution in [0.25, 0.3) is 6.08 Å². The number of carbonyl (C=O) groups is 1. The number of rotatable bonds is 7. The Morgan fingerprint density at radius 2 is 1.87 bits per heavy atom. The highest BCUT2D eigenvalue weighted by atomic mass is 79.9. The Labute approximate surface area is 236 Å². The molecule has 4 aromatic rings. The van der Waals surface area contributed by atoms with E-state index in [4.69, 9.17) is 9.47 Å². The van der Waals surface area contributed by atoms with Gasteiger partial charge in [0.1, 0.15) is 18.2 Å². The summed E-state index contributed by atoms with van der Waals surface area (Å²) in [7, 11) is 1.33. The van der Waals surface area contributed by atoms with Gasteiger partial charge >= 0.3 is 5.97 Å². The van der Waals surface area contributed by atoms with Gasteiger partial charge < -0.3 is 9.47 Å². The SMILES string of the molecule is CCC1=C(C(=O)OC)[C@H](c2ccccc2)n2c(s/c(=C\c3ccc(OCc4ccccc4F)c(Br)c3)c2=O)=N1. The predicted molar refractivity (Wildman–Crippen MR) is 152 cm³/mol. The first-order valence-electron chi connectivity index (χ1n) is 12.2. The van der Waals surface area contributed by atoms with Crippen LogP contribution in [-0.4, -0.2) is 17.6 Å². The number of benzene rings is 3. The Bertz CT molecular complexity index is 1760. The summed E-state index contributed by atoms with van der Waals surface area (Å²) < 4.78 is 27.6. The zero-order valence-electron chi connectivity index (χ0n) is 21.2. The number of aromatic nitrogens is 1. The molecule has 1 aromatic heterocycles. The molecule has 39 heavy (non-hydrogen) atoms. The summed E-state index contributed by atoms with van der Waals surface area (Å²) in [6, 6.07) is 20.7. The van der Waals surface area contributed by atoms with E-state index in [1.165, 1.54) is 24.5 Å². The number of nitrogens with zero attached hydrogens (tertiary/aromatic N) is 2. The number of halogens is 2. The third-order valence-corrected chi connectivity index (χ3v) is 7.96. The Morgan fingerprint density at radius 1 is 1.13 bits per heavy atom. The maximum absolute atomic E-state index is 13.9. The Morgan fingerprint density at radius 3 is 2.56 bits per heavy atom. The quantitative estimate of drug-likeness (QED) is 0.268. The molecular formula is C30H24BrFN2O4S. The lowest BCUT2D eigenvalue weighted by Gasteiger charge is -2.25. The van der Waals surface area contributed by atoms with Crippen molar-refractivity contribution in [1.82, 2.24) is 4.57 Å². The third kappa shape index (κ3) is 5.37. The molecule has 1 aliphatic heterocycles. The zero-order chi connectivity index (χ0) is 27.5. The highest BCUT2D eigenvalue weighted by Gasteiger charge is 2.33. The van der Waals surface area contributed by atoms with Crippen LogP contribution in [0.15, 0.2) is 98.3 Å². The molecule has 0 saturated carbocycles. The number of allylic oxidation sites excluding steroid dienone is 1. The first-order valence-corrected chi connectivity index (χ1v) is 13.9. The maximum atomic E-state index is 13.9. The fourth-order valence-corrected chi connectivity index (χ4v) is 5.99. The van der Waals surface area contributed by atoms with Gasteiger partial charge in [0.15, 0.2) is 4.80 Å². The number of ether oxygens (including phenoxy) is 2. The molecule has 0 amide bonds. The molecule has 0 bridgehead atoms. The van der Waals surface area contributed by atoms with Crippen molar-refractivity contribution in [2.45, 2.75) is 26.0 Å². The lowest BCUT2D eigenvalue weighted by molar-refractivity contribution is -0.136. The van der Waals surface area contributed by atoms with Crippen LogP contribution in [0.3, 0.4) is 0 Å². The Hall–Kier alpha value is -3.82. The Balaban J connectivity index is 1.54. The molecule has 9 heteroatoms. The van der Waals surface area contributed by atoms with Crippen LogP contribution < -0.4 is 19.6 Å². The smallest absolute Gasteiger partial charge is 0.338 e. The number of hydrogen-bond acceptors (Lipinski definition) is 6. The van der Waals surface area contributed by atoms with Crippen LogP contribution in [0.5, 0.6) is 5.75 Å². The first kappa shape index (κ1) is 26.8. The van der Waals surface area contributed by atoms with E-state index in [9.17, 15) is 14.0 Å². The molecule has 0 radical (unpaired) electrons. The van der Waals surface area contributed by atoms with Gasteiger partial charge in [-0.2, -0.15) is 0 Å². The van der Waals surface area contributed by atoms with Crippen LogP contribution in [0.2, 0.25) is 0 Å². The van der Waals surface area contributed by atoms with Crippen molar-refractivity contribution in [1.29, 1.82) is 0 Å². The number of thiazole rings is 1. The number of carbonyl (C=O) groups excluding carboxylic acids is 1. The van der Waals surface area contributed by atoms with Crippen molar-refractivity contribution < 1.29 is 18.7 Å². The number of hydrogen-bond donors (Lipinski definition) is 0. The van der Waals surface area contributed by atoms with Crippen LogP contribution in [0.4, 0.5) is 4.39 Å². The molecule has 3 aromatic carbocycles. The van der Waals surface area contributed by atoms with Gasteiger partial charge in [0.05, 0.1) is 33.4 Å². The highest BCUT2D eigenvalue weighted by molar-refractivity contribution is 9.10. The minimum Gasteiger partial charge on any atom is -0.488 e. The van der Waals surface area contributed by atoms with Crippen LogP contribution >= 0.6 is 27.3 Å². The molecule has 5 rings (SSSR count). The predicted octanol–water partition coefficient (Wildman–Crippen LogP) is 5.28. The highest BCUT2D eigenvalue weighted by Crippen LogP contribution is 2.32. The zero-order valence-corrected chi connectivity index (χ0v) is 23.6. The average Bonchev–Trinajstić information content (AvgIpc) is 3.26. The van der Waals surface area contributed by atoms with Gasteiger partial charge in [-0.05, 0) is 57.8 Å². The van der Waals surface area contributed by atoms with E-state index >= 15 is 0 Å². The van der Waals surface area contributed by atoms with Gasteiger partial charge in [0, 0.05) is 5.56 Å². The molecule has 2 heterocycles. The molecule has 6 nitrogen and oxygen atoms in total. The summed E-state index contributed by atoms with van der Waals surface area (Å²) in [5, 5.41) is 0. The van der Waals surface area contributed by atoms with Crippen molar-refractivity contribution in [2.24, 2.45) is 4.99 Å². The molecule has 0 N–H and O–H groups in total. The summed E-state index contributed by atoms with van der Waals surface area (Å²) in [6.07, 6.45) is 2.30. The molecule has 1 atom stereocenters. The topological polar surface area (TPSA) is 69.9 Å². The summed E-state index contributed by atoms with van der Waals surface area (Å²) >= 11 is 4.79. The van der Waals surface area contributed by atoms with E-state index in [1.54, 1.807) is 34.9 Å². The molecule has 0 aliphatic carbocycles. The molecule has 0 fully saturated rings. The van der Waals surface area contributed by atoms with Crippen LogP contribution in [0.1, 0.15) is 36.1 Å². The van der Waals surface area contributed by atoms with E-state index in [0.717, 1.165) is 11.1 Å². The second-order valence-electron chi connectivity index (χ2n) is 8.77. The number of fused-ring (bicyclic) bond motifs is 1. The summed E-state index contributed by atoms with van der Waals surface area (Å²) in [6.45, 7) is 2.01. The molecular weight excluding hydrogens is 583 g/mol. The largest absolute Gasteiger partial charge is 0.488 e. The van der Waals surface area contributed by atoms with Crippen molar-refractivity contribution >= 4 is 39.3 Å². The van der Waals surface area contributed by atoms with E-state index in [-0.39, 0.29) is 18.0 Å². The molecule has 1 aliphatic rings. The van der Waals surface area contributed by atoms with Crippen LogP contribution in [0, 0.1) is 5.82 Å². The fraction of sp³-hybridized carbons (Fsp3) is 0.167. The summed E-state index contributed by atoms with van der Waals surface area (Å²) in [5.74, 6) is -0.277.